The van der Waals surface area contributed by atoms with Gasteiger partial charge < -0.3 is 0 Å². The maximum absolute atomic E-state index is 5.21. The van der Waals surface area contributed by atoms with Crippen LogP contribution in [0.3, 0.4) is 0 Å². The van der Waals surface area contributed by atoms with Crippen LogP contribution in [0.15, 0.2) is 155 Å². The lowest BCUT2D eigenvalue weighted by atomic mass is 10.1. The minimum absolute atomic E-state index is 0.513. The molecule has 0 bridgehead atoms. The first-order chi connectivity index (χ1) is 22.3. The van der Waals surface area contributed by atoms with E-state index in [0.717, 1.165) is 60.9 Å². The number of fused-ring (bicyclic) bond motifs is 7. The first kappa shape index (κ1) is 26.5. The van der Waals surface area contributed by atoms with Crippen molar-refractivity contribution < 1.29 is 0 Å². The lowest BCUT2D eigenvalue weighted by Crippen LogP contribution is -2.12. The van der Waals surface area contributed by atoms with Crippen molar-refractivity contribution in [3.63, 3.8) is 0 Å². The summed E-state index contributed by atoms with van der Waals surface area (Å²) >= 11 is 0. The highest BCUT2D eigenvalue weighted by atomic mass is 15.2. The van der Waals surface area contributed by atoms with Crippen LogP contribution < -0.4 is 0 Å². The van der Waals surface area contributed by atoms with Crippen LogP contribution in [0.2, 0.25) is 0 Å². The number of amidine groups is 1. The van der Waals surface area contributed by atoms with E-state index in [4.69, 9.17) is 9.98 Å². The molecule has 0 aliphatic rings. The second-order valence-electron chi connectivity index (χ2n) is 10.8. The molecule has 0 aliphatic heterocycles. The molecular weight excluding hydrogens is 552 g/mol. The molecule has 0 atom stereocenters. The number of benzene rings is 5. The average molecular weight is 581 g/mol. The largest absolute Gasteiger partial charge is 0.293 e. The fraction of sp³-hybridized carbons (Fsp3) is 0.0256. The monoisotopic (exact) mass is 580 g/mol. The summed E-state index contributed by atoms with van der Waals surface area (Å²) in [5.74, 6) is 1.90. The summed E-state index contributed by atoms with van der Waals surface area (Å²) in [6, 6.07) is 47.7. The van der Waals surface area contributed by atoms with Crippen LogP contribution in [0.5, 0.6) is 0 Å². The third-order valence-corrected chi connectivity index (χ3v) is 8.29. The SMILES string of the molecule is C=N/C(=N\C(=NC)n1c2ccccc2c2c1ccc1c3ccccc3n(-c3cccc(-c4ccccc4)n3)c12)c1ccccc1. The Balaban J connectivity index is 1.47. The van der Waals surface area contributed by atoms with Crippen molar-refractivity contribution in [3.05, 3.63) is 145 Å². The van der Waals surface area contributed by atoms with Crippen molar-refractivity contribution in [3.8, 4) is 17.1 Å². The van der Waals surface area contributed by atoms with E-state index in [9.17, 15) is 0 Å². The summed E-state index contributed by atoms with van der Waals surface area (Å²) in [6.07, 6.45) is 0. The van der Waals surface area contributed by atoms with Crippen LogP contribution in [-0.2, 0) is 0 Å². The van der Waals surface area contributed by atoms with Crippen molar-refractivity contribution in [2.75, 3.05) is 7.05 Å². The maximum atomic E-state index is 5.21. The molecule has 0 saturated heterocycles. The van der Waals surface area contributed by atoms with E-state index >= 15 is 0 Å². The number of hydrogen-bond acceptors (Lipinski definition) is 2. The second kappa shape index (κ2) is 10.8. The minimum Gasteiger partial charge on any atom is -0.293 e. The van der Waals surface area contributed by atoms with Gasteiger partial charge in [-0.1, -0.05) is 109 Å². The Morgan fingerprint density at radius 2 is 1.31 bits per heavy atom. The molecule has 6 heteroatoms. The van der Waals surface area contributed by atoms with Gasteiger partial charge in [0.05, 0.1) is 27.8 Å². The van der Waals surface area contributed by atoms with Gasteiger partial charge >= 0.3 is 0 Å². The predicted molar refractivity (Wildman–Crippen MR) is 188 cm³/mol. The number of aliphatic imine (C=N–C) groups is 3. The van der Waals surface area contributed by atoms with Crippen molar-refractivity contribution in [2.24, 2.45) is 15.0 Å². The van der Waals surface area contributed by atoms with E-state index < -0.39 is 0 Å². The number of pyridine rings is 1. The van der Waals surface area contributed by atoms with E-state index in [0.29, 0.717) is 11.8 Å². The molecule has 0 N–H and O–H groups in total. The standard InChI is InChI=1S/C39H28N6/c1-40-38(27-16-7-4-8-17-27)43-39(41-2)44-33-22-12-10-19-30(33)36-34(44)25-24-29-28-18-9-11-21-32(28)45(37(29)36)35-23-13-20-31(42-35)26-14-5-3-6-15-26/h3-25H,1H2,2H3/b41-39?,43-38-. The minimum atomic E-state index is 0.513. The van der Waals surface area contributed by atoms with E-state index in [1.165, 1.54) is 5.39 Å². The van der Waals surface area contributed by atoms with Crippen molar-refractivity contribution in [2.45, 2.75) is 0 Å². The van der Waals surface area contributed by atoms with Gasteiger partial charge in [-0.15, -0.1) is 0 Å². The molecule has 0 fully saturated rings. The summed E-state index contributed by atoms with van der Waals surface area (Å²) in [5.41, 5.74) is 7.06. The zero-order valence-corrected chi connectivity index (χ0v) is 24.7. The van der Waals surface area contributed by atoms with E-state index in [-0.39, 0.29) is 0 Å². The highest BCUT2D eigenvalue weighted by molar-refractivity contribution is 6.28. The van der Waals surface area contributed by atoms with Gasteiger partial charge in [0.2, 0.25) is 5.96 Å². The smallest absolute Gasteiger partial charge is 0.231 e. The average Bonchev–Trinajstić information content (AvgIpc) is 3.63. The molecule has 0 spiro atoms. The van der Waals surface area contributed by atoms with Gasteiger partial charge in [-0.2, -0.15) is 4.99 Å². The summed E-state index contributed by atoms with van der Waals surface area (Å²) in [4.78, 5) is 19.1. The molecule has 45 heavy (non-hydrogen) atoms. The molecule has 6 nitrogen and oxygen atoms in total. The van der Waals surface area contributed by atoms with Gasteiger partial charge in [0.25, 0.3) is 0 Å². The van der Waals surface area contributed by atoms with Gasteiger partial charge in [0, 0.05) is 39.7 Å². The van der Waals surface area contributed by atoms with E-state index in [1.807, 2.05) is 48.5 Å². The molecule has 8 rings (SSSR count). The molecule has 0 saturated carbocycles. The zero-order valence-electron chi connectivity index (χ0n) is 24.7. The Labute approximate surface area is 260 Å². The summed E-state index contributed by atoms with van der Waals surface area (Å²) in [5, 5.41) is 4.54. The molecule has 0 aliphatic carbocycles. The second-order valence-corrected chi connectivity index (χ2v) is 10.8. The lowest BCUT2D eigenvalue weighted by Gasteiger charge is -2.11. The van der Waals surface area contributed by atoms with E-state index in [1.54, 1.807) is 7.05 Å². The summed E-state index contributed by atoms with van der Waals surface area (Å²) in [6.45, 7) is 3.81. The van der Waals surface area contributed by atoms with Crippen molar-refractivity contribution >= 4 is 62.1 Å². The number of aromatic nitrogens is 3. The van der Waals surface area contributed by atoms with E-state index in [2.05, 4.69) is 117 Å². The molecule has 214 valence electrons. The first-order valence-electron chi connectivity index (χ1n) is 14.8. The Morgan fingerprint density at radius 1 is 0.622 bits per heavy atom. The van der Waals surface area contributed by atoms with Gasteiger partial charge in [0.15, 0.2) is 5.84 Å². The third kappa shape index (κ3) is 4.26. The fourth-order valence-electron chi connectivity index (χ4n) is 6.35. The first-order valence-corrected chi connectivity index (χ1v) is 14.8. The number of rotatable bonds is 3. The van der Waals surface area contributed by atoms with Crippen molar-refractivity contribution in [1.29, 1.82) is 0 Å². The van der Waals surface area contributed by atoms with Crippen LogP contribution >= 0.6 is 0 Å². The molecule has 3 aromatic heterocycles. The lowest BCUT2D eigenvalue weighted by molar-refractivity contribution is 1.09. The summed E-state index contributed by atoms with van der Waals surface area (Å²) < 4.78 is 4.41. The Kier molecular flexibility index (Phi) is 6.38. The highest BCUT2D eigenvalue weighted by Crippen LogP contribution is 2.41. The number of hydrogen-bond donors (Lipinski definition) is 0. The molecule has 0 unspecified atom stereocenters. The third-order valence-electron chi connectivity index (χ3n) is 8.29. The zero-order chi connectivity index (χ0) is 30.3. The molecular formula is C39H28N6. The number of nitrogens with zero attached hydrogens (tertiary/aromatic N) is 6. The molecule has 0 amide bonds. The molecule has 0 radical (unpaired) electrons. The van der Waals surface area contributed by atoms with Crippen LogP contribution in [0.4, 0.5) is 0 Å². The molecule has 8 aromatic rings. The maximum Gasteiger partial charge on any atom is 0.231 e. The van der Waals surface area contributed by atoms with Gasteiger partial charge in [-0.3, -0.25) is 14.1 Å². The van der Waals surface area contributed by atoms with Crippen molar-refractivity contribution in [1.82, 2.24) is 14.1 Å². The van der Waals surface area contributed by atoms with Crippen LogP contribution in [0.1, 0.15) is 5.56 Å². The van der Waals surface area contributed by atoms with Gasteiger partial charge in [-0.05, 0) is 37.0 Å². The quantitative estimate of drug-likeness (QED) is 0.152. The van der Waals surface area contributed by atoms with Gasteiger partial charge in [0.1, 0.15) is 5.82 Å². The van der Waals surface area contributed by atoms with Crippen LogP contribution in [-0.4, -0.2) is 39.7 Å². The topological polar surface area (TPSA) is 59.8 Å². The molecule has 5 aromatic carbocycles. The Bertz CT molecular complexity index is 2450. The summed E-state index contributed by atoms with van der Waals surface area (Å²) in [7, 11) is 1.76. The fourth-order valence-corrected chi connectivity index (χ4v) is 6.35. The Hall–Kier alpha value is -6.14. The molecule has 3 heterocycles. The van der Waals surface area contributed by atoms with Gasteiger partial charge in [-0.25, -0.2) is 9.98 Å². The normalized spacial score (nSPS) is 12.5. The predicted octanol–water partition coefficient (Wildman–Crippen LogP) is 8.93. The van der Waals surface area contributed by atoms with Crippen LogP contribution in [0.25, 0.3) is 60.7 Å². The highest BCUT2D eigenvalue weighted by Gasteiger charge is 2.22. The Morgan fingerprint density at radius 3 is 2.07 bits per heavy atom. The van der Waals surface area contributed by atoms with Crippen LogP contribution in [0, 0.1) is 0 Å². The number of para-hydroxylation sites is 2.